The number of aliphatic hydroxyl groups is 1. The number of hydrogen-bond donors (Lipinski definition) is 2. The summed E-state index contributed by atoms with van der Waals surface area (Å²) in [6.45, 7) is 5.42. The van der Waals surface area contributed by atoms with Gasteiger partial charge in [-0.3, -0.25) is 9.48 Å². The second-order valence-electron chi connectivity index (χ2n) is 13.1. The van der Waals surface area contributed by atoms with Crippen LogP contribution in [0.2, 0.25) is 0 Å². The van der Waals surface area contributed by atoms with Gasteiger partial charge in [0, 0.05) is 55.5 Å². The summed E-state index contributed by atoms with van der Waals surface area (Å²) in [6, 6.07) is 11.7. The molecule has 2 aliphatic rings. The first-order valence-corrected chi connectivity index (χ1v) is 18.2. The number of β-amino-alcohol motifs (C(OH)–C–C–N with tert-alkyl or cyclic N) is 1. The first kappa shape index (κ1) is 36.6. The predicted octanol–water partition coefficient (Wildman–Crippen LogP) is 4.72. The molecule has 0 aliphatic carbocycles. The summed E-state index contributed by atoms with van der Waals surface area (Å²) in [5, 5.41) is 18.5. The largest absolute Gasteiger partial charge is 0.496 e. The van der Waals surface area contributed by atoms with Crippen molar-refractivity contribution >= 4 is 15.9 Å². The highest BCUT2D eigenvalue weighted by atomic mass is 32.2. The second kappa shape index (κ2) is 15.0. The number of nitrogens with zero attached hydrogens (tertiary/aromatic N) is 4. The number of ether oxygens (including phenoxy) is 1. The topological polar surface area (TPSA) is 117 Å². The van der Waals surface area contributed by atoms with E-state index in [1.54, 1.807) is 25.6 Å². The molecule has 266 valence electrons. The van der Waals surface area contributed by atoms with Gasteiger partial charge in [0.15, 0.2) is 0 Å². The normalized spacial score (nSPS) is 17.0. The predicted molar refractivity (Wildman–Crippen MR) is 180 cm³/mol. The molecule has 5 rings (SSSR count). The minimum absolute atomic E-state index is 0.00369. The van der Waals surface area contributed by atoms with Crippen molar-refractivity contribution in [3.63, 3.8) is 0 Å². The Hall–Kier alpha value is -3.72. The van der Waals surface area contributed by atoms with Gasteiger partial charge in [-0.15, -0.1) is 0 Å². The number of hydrogen-bond acceptors (Lipinski definition) is 7. The number of methoxy groups -OCH3 is 1. The number of alkyl halides is 3. The van der Waals surface area contributed by atoms with Gasteiger partial charge >= 0.3 is 6.18 Å². The van der Waals surface area contributed by atoms with Crippen molar-refractivity contribution in [3.8, 4) is 17.0 Å². The lowest BCUT2D eigenvalue weighted by Gasteiger charge is -2.34. The molecule has 2 aliphatic heterocycles. The molecule has 1 amide bonds. The SMILES string of the molecule is COc1ccccc1C1CCN(CC(O)Cn2nc(-c3ccc(C(F)(F)F)c(CNC(=O)C=C(C)C)c3)c3c2CCN(S(C)(=O)=O)C3)CC1. The number of amides is 1. The first-order chi connectivity index (χ1) is 23.1. The van der Waals surface area contributed by atoms with Crippen molar-refractivity contribution in [2.45, 2.75) is 70.9 Å². The Morgan fingerprint density at radius 3 is 2.49 bits per heavy atom. The summed E-state index contributed by atoms with van der Waals surface area (Å²) < 4.78 is 75.6. The molecule has 0 bridgehead atoms. The fourth-order valence-corrected chi connectivity index (χ4v) is 7.56. The van der Waals surface area contributed by atoms with E-state index in [9.17, 15) is 31.5 Å². The zero-order chi connectivity index (χ0) is 35.5. The molecule has 0 saturated carbocycles. The van der Waals surface area contributed by atoms with Crippen molar-refractivity contribution < 1.29 is 36.2 Å². The van der Waals surface area contributed by atoms with Crippen LogP contribution in [0.1, 0.15) is 60.6 Å². The van der Waals surface area contributed by atoms with Gasteiger partial charge in [-0.25, -0.2) is 8.42 Å². The Balaban J connectivity index is 1.38. The van der Waals surface area contributed by atoms with Crippen molar-refractivity contribution in [3.05, 3.63) is 82.1 Å². The Bertz CT molecular complexity index is 1790. The Morgan fingerprint density at radius 2 is 1.84 bits per heavy atom. The molecule has 1 unspecified atom stereocenters. The van der Waals surface area contributed by atoms with Gasteiger partial charge in [-0.1, -0.05) is 29.8 Å². The van der Waals surface area contributed by atoms with Gasteiger partial charge in [0.1, 0.15) is 5.75 Å². The molecule has 10 nitrogen and oxygen atoms in total. The number of carbonyl (C=O) groups is 1. The van der Waals surface area contributed by atoms with Crippen LogP contribution in [0.3, 0.4) is 0 Å². The molecular weight excluding hydrogens is 659 g/mol. The summed E-state index contributed by atoms with van der Waals surface area (Å²) in [7, 11) is -1.89. The van der Waals surface area contributed by atoms with Crippen LogP contribution in [-0.4, -0.2) is 84.1 Å². The number of rotatable bonds is 11. The van der Waals surface area contributed by atoms with E-state index in [0.29, 0.717) is 41.3 Å². The van der Waals surface area contributed by atoms with E-state index < -0.39 is 33.8 Å². The van der Waals surface area contributed by atoms with Crippen LogP contribution in [0.15, 0.2) is 54.1 Å². The average Bonchev–Trinajstić information content (AvgIpc) is 3.40. The minimum Gasteiger partial charge on any atom is -0.496 e. The van der Waals surface area contributed by atoms with Gasteiger partial charge in [0.05, 0.1) is 37.3 Å². The fraction of sp³-hybridized carbons (Fsp3) is 0.486. The summed E-state index contributed by atoms with van der Waals surface area (Å²) in [4.78, 5) is 14.5. The molecular formula is C35H44F3N5O5S. The number of piperidine rings is 1. The van der Waals surface area contributed by atoms with E-state index in [1.165, 1.54) is 28.1 Å². The van der Waals surface area contributed by atoms with E-state index in [2.05, 4.69) is 16.3 Å². The molecule has 2 aromatic carbocycles. The fourth-order valence-electron chi connectivity index (χ4n) is 6.78. The van der Waals surface area contributed by atoms with Gasteiger partial charge in [0.25, 0.3) is 0 Å². The zero-order valence-electron chi connectivity index (χ0n) is 28.3. The molecule has 3 aromatic rings. The number of aromatic nitrogens is 2. The van der Waals surface area contributed by atoms with E-state index in [0.717, 1.165) is 49.7 Å². The monoisotopic (exact) mass is 703 g/mol. The number of fused-ring (bicyclic) bond motifs is 1. The highest BCUT2D eigenvalue weighted by Gasteiger charge is 2.35. The number of allylic oxidation sites excluding steroid dienone is 1. The number of nitrogens with one attached hydrogen (secondary N) is 1. The number of para-hydroxylation sites is 1. The number of benzene rings is 2. The molecule has 0 spiro atoms. The van der Waals surface area contributed by atoms with Crippen LogP contribution in [0.5, 0.6) is 5.75 Å². The average molecular weight is 704 g/mol. The van der Waals surface area contributed by atoms with Crippen LogP contribution >= 0.6 is 0 Å². The molecule has 1 saturated heterocycles. The van der Waals surface area contributed by atoms with E-state index in [4.69, 9.17) is 9.84 Å². The number of aliphatic hydroxyl groups excluding tert-OH is 1. The van der Waals surface area contributed by atoms with Gasteiger partial charge in [-0.2, -0.15) is 22.6 Å². The van der Waals surface area contributed by atoms with Crippen LogP contribution in [-0.2, 0) is 47.0 Å². The van der Waals surface area contributed by atoms with Crippen molar-refractivity contribution in [1.82, 2.24) is 24.3 Å². The highest BCUT2D eigenvalue weighted by molar-refractivity contribution is 7.88. The van der Waals surface area contributed by atoms with Gasteiger partial charge in [-0.05, 0) is 75.0 Å². The van der Waals surface area contributed by atoms with Crippen LogP contribution in [0.4, 0.5) is 13.2 Å². The number of carbonyl (C=O) groups excluding carboxylic acids is 1. The lowest BCUT2D eigenvalue weighted by molar-refractivity contribution is -0.138. The quantitative estimate of drug-likeness (QED) is 0.278. The number of sulfonamides is 1. The standard InChI is InChI=1S/C35H44F3N5O5S/c1-23(2)17-33(45)39-19-26-18-25(9-10-30(26)35(36,37)38)34-29-22-42(49(4,46)47)16-13-31(29)43(40-34)21-27(44)20-41-14-11-24(12-15-41)28-7-5-6-8-32(28)48-3/h5-10,17-18,24,27,44H,11-16,19-22H2,1-4H3,(H,39,45). The molecule has 1 atom stereocenters. The Kier molecular flexibility index (Phi) is 11.2. The molecule has 1 aromatic heterocycles. The second-order valence-corrected chi connectivity index (χ2v) is 15.1. The minimum atomic E-state index is -4.66. The van der Waals surface area contributed by atoms with Gasteiger partial charge < -0.3 is 20.1 Å². The summed E-state index contributed by atoms with van der Waals surface area (Å²) in [6.07, 6.45) is -0.856. The van der Waals surface area contributed by atoms with Crippen molar-refractivity contribution in [2.24, 2.45) is 0 Å². The maximum atomic E-state index is 14.0. The lowest BCUT2D eigenvalue weighted by Crippen LogP contribution is -2.40. The first-order valence-electron chi connectivity index (χ1n) is 16.3. The summed E-state index contributed by atoms with van der Waals surface area (Å²) >= 11 is 0. The summed E-state index contributed by atoms with van der Waals surface area (Å²) in [5.74, 6) is 0.725. The van der Waals surface area contributed by atoms with Crippen molar-refractivity contribution in [1.29, 1.82) is 0 Å². The van der Waals surface area contributed by atoms with Crippen LogP contribution in [0, 0.1) is 0 Å². The van der Waals surface area contributed by atoms with E-state index >= 15 is 0 Å². The molecule has 1 fully saturated rings. The number of likely N-dealkylation sites (tertiary alicyclic amines) is 1. The number of halogens is 3. The molecule has 14 heteroatoms. The van der Waals surface area contributed by atoms with Crippen LogP contribution in [0.25, 0.3) is 11.3 Å². The molecule has 3 heterocycles. The Morgan fingerprint density at radius 1 is 1.12 bits per heavy atom. The molecule has 2 N–H and O–H groups in total. The third-order valence-corrected chi connectivity index (χ3v) is 10.4. The van der Waals surface area contributed by atoms with Crippen LogP contribution < -0.4 is 10.1 Å². The van der Waals surface area contributed by atoms with Crippen molar-refractivity contribution in [2.75, 3.05) is 39.5 Å². The zero-order valence-corrected chi connectivity index (χ0v) is 29.1. The maximum absolute atomic E-state index is 14.0. The third-order valence-electron chi connectivity index (χ3n) is 9.14. The lowest BCUT2D eigenvalue weighted by atomic mass is 9.88. The van der Waals surface area contributed by atoms with E-state index in [-0.39, 0.29) is 31.7 Å². The molecule has 0 radical (unpaired) electrons. The highest BCUT2D eigenvalue weighted by Crippen LogP contribution is 2.37. The van der Waals surface area contributed by atoms with E-state index in [1.807, 2.05) is 18.2 Å². The summed E-state index contributed by atoms with van der Waals surface area (Å²) in [5.41, 5.74) is 2.89. The third kappa shape index (κ3) is 8.91. The smallest absolute Gasteiger partial charge is 0.416 e. The van der Waals surface area contributed by atoms with Gasteiger partial charge in [0.2, 0.25) is 15.9 Å². The molecule has 49 heavy (non-hydrogen) atoms. The Labute approximate surface area is 285 Å². The maximum Gasteiger partial charge on any atom is 0.416 e.